The van der Waals surface area contributed by atoms with Crippen molar-refractivity contribution in [2.45, 2.75) is 31.7 Å². The molecule has 1 aliphatic heterocycles. The van der Waals surface area contributed by atoms with Gasteiger partial charge in [-0.1, -0.05) is 44.2 Å². The zero-order valence-electron chi connectivity index (χ0n) is 15.6. The normalized spacial score (nSPS) is 18.8. The highest BCUT2D eigenvalue weighted by Gasteiger charge is 2.27. The second kappa shape index (κ2) is 8.92. The maximum atomic E-state index is 12.3. The molecule has 1 saturated heterocycles. The van der Waals surface area contributed by atoms with Crippen LogP contribution < -0.4 is 5.73 Å². The van der Waals surface area contributed by atoms with Crippen molar-refractivity contribution in [2.75, 3.05) is 44.7 Å². The summed E-state index contributed by atoms with van der Waals surface area (Å²) in [5.74, 6) is 0.170. The second-order valence-electron chi connectivity index (χ2n) is 7.51. The third-order valence-electron chi connectivity index (χ3n) is 5.02. The topological polar surface area (TPSA) is 66.6 Å². The Kier molecular flexibility index (Phi) is 7.16. The van der Waals surface area contributed by atoms with Gasteiger partial charge in [0.25, 0.3) is 0 Å². The SMILES string of the molecule is CS(=O)C[C@H](N)C(=O)N1CCN(CCC(C)(C)c2ccccc2)CC1. The Morgan fingerprint density at radius 2 is 1.80 bits per heavy atom. The number of benzene rings is 1. The lowest BCUT2D eigenvalue weighted by Crippen LogP contribution is -2.54. The van der Waals surface area contributed by atoms with Crippen molar-refractivity contribution in [3.05, 3.63) is 35.9 Å². The van der Waals surface area contributed by atoms with Gasteiger partial charge < -0.3 is 10.6 Å². The third-order valence-corrected chi connectivity index (χ3v) is 5.85. The Labute approximate surface area is 154 Å². The largest absolute Gasteiger partial charge is 0.339 e. The van der Waals surface area contributed by atoms with Gasteiger partial charge in [0.05, 0.1) is 6.04 Å². The number of hydrogen-bond acceptors (Lipinski definition) is 4. The molecule has 0 aliphatic carbocycles. The van der Waals surface area contributed by atoms with Crippen molar-refractivity contribution in [2.24, 2.45) is 5.73 Å². The fourth-order valence-corrected chi connectivity index (χ4v) is 3.87. The summed E-state index contributed by atoms with van der Waals surface area (Å²) in [5, 5.41) is 0. The van der Waals surface area contributed by atoms with Gasteiger partial charge in [-0.2, -0.15) is 0 Å². The molecule has 25 heavy (non-hydrogen) atoms. The zero-order valence-corrected chi connectivity index (χ0v) is 16.4. The number of carbonyl (C=O) groups is 1. The Morgan fingerprint density at radius 1 is 1.20 bits per heavy atom. The summed E-state index contributed by atoms with van der Waals surface area (Å²) < 4.78 is 11.2. The van der Waals surface area contributed by atoms with Crippen LogP contribution in [0.1, 0.15) is 25.8 Å². The van der Waals surface area contributed by atoms with Crippen LogP contribution in [0.4, 0.5) is 0 Å². The van der Waals surface area contributed by atoms with Crippen LogP contribution >= 0.6 is 0 Å². The van der Waals surface area contributed by atoms with Crippen molar-refractivity contribution in [1.82, 2.24) is 9.80 Å². The average Bonchev–Trinajstić information content (AvgIpc) is 2.60. The van der Waals surface area contributed by atoms with Crippen molar-refractivity contribution in [1.29, 1.82) is 0 Å². The molecule has 2 atom stereocenters. The summed E-state index contributed by atoms with van der Waals surface area (Å²) in [4.78, 5) is 16.5. The van der Waals surface area contributed by atoms with E-state index in [1.165, 1.54) is 5.56 Å². The minimum absolute atomic E-state index is 0.0699. The smallest absolute Gasteiger partial charge is 0.240 e. The van der Waals surface area contributed by atoms with E-state index in [2.05, 4.69) is 49.1 Å². The highest BCUT2D eigenvalue weighted by Crippen LogP contribution is 2.27. The van der Waals surface area contributed by atoms with Crippen molar-refractivity contribution >= 4 is 16.7 Å². The molecule has 1 unspecified atom stereocenters. The monoisotopic (exact) mass is 365 g/mol. The lowest BCUT2D eigenvalue weighted by molar-refractivity contribution is -0.133. The van der Waals surface area contributed by atoms with Gasteiger partial charge in [-0.15, -0.1) is 0 Å². The molecule has 2 N–H and O–H groups in total. The molecule has 1 aromatic rings. The zero-order chi connectivity index (χ0) is 18.4. The molecule has 1 heterocycles. The van der Waals surface area contributed by atoms with Crippen molar-refractivity contribution in [3.63, 3.8) is 0 Å². The summed E-state index contributed by atoms with van der Waals surface area (Å²) >= 11 is 0. The first kappa shape index (κ1) is 20.1. The van der Waals surface area contributed by atoms with Gasteiger partial charge in [-0.25, -0.2) is 0 Å². The molecule has 1 aromatic carbocycles. The van der Waals surface area contributed by atoms with Crippen LogP contribution in [0.2, 0.25) is 0 Å². The van der Waals surface area contributed by atoms with E-state index in [0.29, 0.717) is 13.1 Å². The third kappa shape index (κ3) is 5.90. The minimum atomic E-state index is -1.04. The lowest BCUT2D eigenvalue weighted by Gasteiger charge is -2.37. The number of rotatable bonds is 7. The molecular formula is C19H31N3O2S. The maximum Gasteiger partial charge on any atom is 0.240 e. The fourth-order valence-electron chi connectivity index (χ4n) is 3.22. The summed E-state index contributed by atoms with van der Waals surface area (Å²) in [5.41, 5.74) is 7.37. The number of amides is 1. The van der Waals surface area contributed by atoms with Gasteiger partial charge in [0, 0.05) is 49.0 Å². The molecule has 0 bridgehead atoms. The maximum absolute atomic E-state index is 12.3. The molecule has 2 rings (SSSR count). The van der Waals surface area contributed by atoms with Crippen LogP contribution in [0.5, 0.6) is 0 Å². The van der Waals surface area contributed by atoms with Crippen LogP contribution in [0.25, 0.3) is 0 Å². The number of piperazine rings is 1. The number of nitrogens with two attached hydrogens (primary N) is 1. The summed E-state index contributed by atoms with van der Waals surface area (Å²) in [6, 6.07) is 9.97. The van der Waals surface area contributed by atoms with Crippen LogP contribution in [-0.2, 0) is 21.0 Å². The van der Waals surface area contributed by atoms with E-state index in [4.69, 9.17) is 5.73 Å². The van der Waals surface area contributed by atoms with Gasteiger partial charge in [0.15, 0.2) is 0 Å². The Balaban J connectivity index is 1.79. The van der Waals surface area contributed by atoms with E-state index in [-0.39, 0.29) is 17.1 Å². The predicted octanol–water partition coefficient (Wildman–Crippen LogP) is 1.20. The highest BCUT2D eigenvalue weighted by molar-refractivity contribution is 7.84. The van der Waals surface area contributed by atoms with Crippen LogP contribution in [-0.4, -0.2) is 70.7 Å². The van der Waals surface area contributed by atoms with Gasteiger partial charge >= 0.3 is 0 Å². The van der Waals surface area contributed by atoms with E-state index in [1.807, 2.05) is 4.90 Å². The van der Waals surface area contributed by atoms with Gasteiger partial charge in [0.2, 0.25) is 5.91 Å². The van der Waals surface area contributed by atoms with Crippen molar-refractivity contribution in [3.8, 4) is 0 Å². The molecule has 140 valence electrons. The molecule has 0 radical (unpaired) electrons. The fraction of sp³-hybridized carbons (Fsp3) is 0.632. The molecular weight excluding hydrogens is 334 g/mol. The number of hydrogen-bond donors (Lipinski definition) is 1. The summed E-state index contributed by atoms with van der Waals surface area (Å²) in [6.45, 7) is 8.74. The predicted molar refractivity (Wildman–Crippen MR) is 104 cm³/mol. The van der Waals surface area contributed by atoms with Crippen LogP contribution in [0.15, 0.2) is 30.3 Å². The van der Waals surface area contributed by atoms with E-state index >= 15 is 0 Å². The van der Waals surface area contributed by atoms with Gasteiger partial charge in [-0.05, 0) is 23.9 Å². The molecule has 0 saturated carbocycles. The first-order valence-electron chi connectivity index (χ1n) is 8.92. The minimum Gasteiger partial charge on any atom is -0.339 e. The van der Waals surface area contributed by atoms with Crippen LogP contribution in [0, 0.1) is 0 Å². The van der Waals surface area contributed by atoms with Crippen LogP contribution in [0.3, 0.4) is 0 Å². The number of carbonyl (C=O) groups excluding carboxylic acids is 1. The summed E-state index contributed by atoms with van der Waals surface area (Å²) in [7, 11) is -1.04. The Hall–Kier alpha value is -1.24. The van der Waals surface area contributed by atoms with E-state index in [0.717, 1.165) is 26.1 Å². The molecule has 1 fully saturated rings. The Morgan fingerprint density at radius 3 is 2.36 bits per heavy atom. The van der Waals surface area contributed by atoms with Gasteiger partial charge in [-0.3, -0.25) is 13.9 Å². The molecule has 5 nitrogen and oxygen atoms in total. The van der Waals surface area contributed by atoms with E-state index in [1.54, 1.807) is 6.26 Å². The molecule has 0 spiro atoms. The standard InChI is InChI=1S/C19H31N3O2S/c1-19(2,16-7-5-4-6-8-16)9-10-21-11-13-22(14-12-21)18(23)17(20)15-25(3)24/h4-8,17H,9-15,20H2,1-3H3/t17-,25?/m0/s1. The second-order valence-corrected chi connectivity index (χ2v) is 8.99. The van der Waals surface area contributed by atoms with Crippen molar-refractivity contribution < 1.29 is 9.00 Å². The van der Waals surface area contributed by atoms with E-state index in [9.17, 15) is 9.00 Å². The first-order chi connectivity index (χ1) is 11.8. The Bertz CT molecular complexity index is 584. The molecule has 1 aliphatic rings. The quantitative estimate of drug-likeness (QED) is 0.789. The molecule has 6 heteroatoms. The molecule has 1 amide bonds. The average molecular weight is 366 g/mol. The van der Waals surface area contributed by atoms with E-state index < -0.39 is 16.8 Å². The number of nitrogens with zero attached hydrogens (tertiary/aromatic N) is 2. The van der Waals surface area contributed by atoms with Gasteiger partial charge in [0.1, 0.15) is 0 Å². The highest BCUT2D eigenvalue weighted by atomic mass is 32.2. The lowest BCUT2D eigenvalue weighted by atomic mass is 9.81. The first-order valence-corrected chi connectivity index (χ1v) is 10.6. The summed E-state index contributed by atoms with van der Waals surface area (Å²) in [6.07, 6.45) is 2.67. The molecule has 0 aromatic heterocycles.